The zero-order valence-electron chi connectivity index (χ0n) is 10.2. The Bertz CT molecular complexity index is 156. The molecular formula is C8H19O4PS2Zn. The van der Waals surface area contributed by atoms with Crippen molar-refractivity contribution in [3.63, 3.8) is 0 Å². The third kappa shape index (κ3) is 20.8. The van der Waals surface area contributed by atoms with Crippen molar-refractivity contribution in [1.82, 2.24) is 0 Å². The number of phosphoric acid groups is 1. The normalized spacial score (nSPS) is 16.1. The third-order valence-electron chi connectivity index (χ3n) is 1.09. The smallest absolute Gasteiger partial charge is 0.332 e. The molecule has 94 valence electrons. The average molecular weight is 340 g/mol. The van der Waals surface area contributed by atoms with E-state index in [4.69, 9.17) is 4.89 Å². The minimum atomic E-state index is -3.62. The Balaban J connectivity index is -0.000000166. The van der Waals surface area contributed by atoms with Gasteiger partial charge in [-0.2, -0.15) is 26.7 Å². The Hall–Kier alpha value is 1.43. The molecule has 0 radical (unpaired) electrons. The molecule has 0 atom stereocenters. The maximum Gasteiger partial charge on any atom is 2.00 e. The molecule has 0 aliphatic carbocycles. The Kier molecular flexibility index (Phi) is 23.2. The van der Waals surface area contributed by atoms with Crippen LogP contribution in [0.2, 0.25) is 0 Å². The maximum atomic E-state index is 10.1. The topological polar surface area (TPSA) is 55.8 Å². The first kappa shape index (κ1) is 22.6. The van der Waals surface area contributed by atoms with Gasteiger partial charge in [0.2, 0.25) is 0 Å². The van der Waals surface area contributed by atoms with Gasteiger partial charge in [-0.25, -0.2) is 12.5 Å². The van der Waals surface area contributed by atoms with E-state index in [-0.39, 0.29) is 19.5 Å². The maximum absolute atomic E-state index is 10.1. The molecule has 0 aromatic heterocycles. The molecule has 0 unspecified atom stereocenters. The predicted octanol–water partition coefficient (Wildman–Crippen LogP) is 4.58. The molecule has 1 rings (SSSR count). The van der Waals surface area contributed by atoms with E-state index in [1.807, 2.05) is 0 Å². The first-order chi connectivity index (χ1) is 7.04. The first-order valence-corrected chi connectivity index (χ1v) is 8.13. The fourth-order valence-corrected chi connectivity index (χ4v) is 3.08. The second kappa shape index (κ2) is 16.4. The Labute approximate surface area is 120 Å². The molecule has 8 heteroatoms. The summed E-state index contributed by atoms with van der Waals surface area (Å²) in [6, 6.07) is 0. The molecule has 1 aliphatic heterocycles. The van der Waals surface area contributed by atoms with Gasteiger partial charge in [-0.3, -0.25) is 0 Å². The Morgan fingerprint density at radius 1 is 1.12 bits per heavy atom. The van der Waals surface area contributed by atoms with Crippen molar-refractivity contribution in [2.45, 2.75) is 40.5 Å². The standard InChI is InChI=1S/2C4H9.HO4PS2.Zn/c2*1-3-4-2;1-5(2)3-6-7-4-5;/h2*3H,4H2,1-2H3;(H,1,2);/q2*-1;;+2. The average Bonchev–Trinajstić information content (AvgIpc) is 2.63. The molecular weight excluding hydrogens is 321 g/mol. The summed E-state index contributed by atoms with van der Waals surface area (Å²) in [7, 11) is -3.62. The van der Waals surface area contributed by atoms with Crippen molar-refractivity contribution in [2.75, 3.05) is 0 Å². The van der Waals surface area contributed by atoms with E-state index in [1.54, 1.807) is 0 Å². The van der Waals surface area contributed by atoms with Gasteiger partial charge in [-0.1, -0.05) is 13.8 Å². The van der Waals surface area contributed by atoms with Gasteiger partial charge in [0, 0.05) is 0 Å². The molecule has 1 aliphatic rings. The summed E-state index contributed by atoms with van der Waals surface area (Å²) in [5.74, 6) is 0. The number of hydrogen-bond acceptors (Lipinski definition) is 5. The monoisotopic (exact) mass is 338 g/mol. The van der Waals surface area contributed by atoms with Crippen LogP contribution in [0.3, 0.4) is 0 Å². The molecule has 0 saturated carbocycles. The van der Waals surface area contributed by atoms with Gasteiger partial charge >= 0.3 is 27.3 Å². The summed E-state index contributed by atoms with van der Waals surface area (Å²) in [4.78, 5) is 8.26. The van der Waals surface area contributed by atoms with E-state index < -0.39 is 7.82 Å². The minimum Gasteiger partial charge on any atom is -0.332 e. The van der Waals surface area contributed by atoms with Crippen LogP contribution in [0.5, 0.6) is 0 Å². The van der Waals surface area contributed by atoms with Crippen LogP contribution >= 0.6 is 30.0 Å². The molecule has 1 N–H and O–H groups in total. The summed E-state index contributed by atoms with van der Waals surface area (Å²) >= 11 is 1.52. The zero-order chi connectivity index (χ0) is 12.2. The van der Waals surface area contributed by atoms with Crippen LogP contribution in [0.15, 0.2) is 0 Å². The van der Waals surface area contributed by atoms with Crippen molar-refractivity contribution in [3.05, 3.63) is 12.8 Å². The number of hydrogen-bond donors (Lipinski definition) is 1. The van der Waals surface area contributed by atoms with Crippen LogP contribution in [0.25, 0.3) is 0 Å². The molecule has 0 aromatic carbocycles. The van der Waals surface area contributed by atoms with Crippen LogP contribution in [-0.4, -0.2) is 4.89 Å². The number of rotatable bonds is 2. The van der Waals surface area contributed by atoms with Gasteiger partial charge in [-0.15, -0.1) is 0 Å². The predicted molar refractivity (Wildman–Crippen MR) is 67.7 cm³/mol. The molecule has 0 spiro atoms. The van der Waals surface area contributed by atoms with Crippen LogP contribution in [0.4, 0.5) is 0 Å². The second-order valence-corrected chi connectivity index (χ2v) is 5.61. The Morgan fingerprint density at radius 2 is 1.38 bits per heavy atom. The third-order valence-corrected chi connectivity index (χ3v) is 4.41. The number of unbranched alkanes of at least 4 members (excludes halogenated alkanes) is 2. The van der Waals surface area contributed by atoms with Crippen molar-refractivity contribution in [2.24, 2.45) is 0 Å². The zero-order valence-corrected chi connectivity index (χ0v) is 15.7. The van der Waals surface area contributed by atoms with E-state index in [9.17, 15) is 4.57 Å². The van der Waals surface area contributed by atoms with E-state index in [2.05, 4.69) is 48.5 Å². The fraction of sp³-hybridized carbons (Fsp3) is 0.750. The fourth-order valence-electron chi connectivity index (χ4n) is 0.114. The van der Waals surface area contributed by atoms with E-state index >= 15 is 0 Å². The summed E-state index contributed by atoms with van der Waals surface area (Å²) < 4.78 is 18.3. The quantitative estimate of drug-likeness (QED) is 0.261. The van der Waals surface area contributed by atoms with Crippen molar-refractivity contribution < 1.29 is 36.9 Å². The SMILES string of the molecule is C[CH-]CC.C[CH-]CC.O=P1(O)OSSO1.[Zn+2]. The molecule has 0 aromatic rings. The molecule has 1 heterocycles. The van der Waals surface area contributed by atoms with E-state index in [0.717, 1.165) is 22.1 Å². The van der Waals surface area contributed by atoms with Gasteiger partial charge in [-0.05, 0) is 0 Å². The van der Waals surface area contributed by atoms with Crippen LogP contribution in [-0.2, 0) is 32.0 Å². The largest absolute Gasteiger partial charge is 2.00 e. The minimum absolute atomic E-state index is 0. The summed E-state index contributed by atoms with van der Waals surface area (Å²) in [5, 5.41) is 0. The summed E-state index contributed by atoms with van der Waals surface area (Å²) in [5.41, 5.74) is 0. The van der Waals surface area contributed by atoms with Crippen LogP contribution in [0, 0.1) is 12.8 Å². The molecule has 0 bridgehead atoms. The summed E-state index contributed by atoms with van der Waals surface area (Å²) in [6.07, 6.45) is 6.64. The van der Waals surface area contributed by atoms with E-state index in [0.29, 0.717) is 0 Å². The van der Waals surface area contributed by atoms with Crippen LogP contribution in [0.1, 0.15) is 40.5 Å². The first-order valence-electron chi connectivity index (χ1n) is 4.63. The Morgan fingerprint density at radius 3 is 1.44 bits per heavy atom. The van der Waals surface area contributed by atoms with E-state index in [1.165, 1.54) is 12.8 Å². The molecule has 4 nitrogen and oxygen atoms in total. The van der Waals surface area contributed by atoms with Crippen LogP contribution < -0.4 is 0 Å². The van der Waals surface area contributed by atoms with Gasteiger partial charge in [0.25, 0.3) is 0 Å². The molecule has 0 amide bonds. The van der Waals surface area contributed by atoms with Gasteiger partial charge in [0.05, 0.1) is 0 Å². The molecule has 16 heavy (non-hydrogen) atoms. The van der Waals surface area contributed by atoms with Gasteiger partial charge in [0.15, 0.2) is 0 Å². The summed E-state index contributed by atoms with van der Waals surface area (Å²) in [6.45, 7) is 8.36. The van der Waals surface area contributed by atoms with Crippen molar-refractivity contribution in [3.8, 4) is 0 Å². The van der Waals surface area contributed by atoms with Crippen molar-refractivity contribution >= 4 is 30.0 Å². The second-order valence-electron chi connectivity index (χ2n) is 2.39. The molecule has 1 saturated heterocycles. The molecule has 1 fully saturated rings. The van der Waals surface area contributed by atoms with Gasteiger partial charge < -0.3 is 17.7 Å². The van der Waals surface area contributed by atoms with Gasteiger partial charge in [0.1, 0.15) is 22.1 Å². The van der Waals surface area contributed by atoms with Crippen molar-refractivity contribution in [1.29, 1.82) is 0 Å².